The van der Waals surface area contributed by atoms with Gasteiger partial charge in [-0.1, -0.05) is 30.3 Å². The molecule has 1 aliphatic rings. The summed E-state index contributed by atoms with van der Waals surface area (Å²) in [5, 5.41) is 0. The summed E-state index contributed by atoms with van der Waals surface area (Å²) in [4.78, 5) is 2.35. The Bertz CT molecular complexity index is 576. The molecule has 0 heterocycles. The van der Waals surface area contributed by atoms with Crippen molar-refractivity contribution in [3.8, 4) is 0 Å². The average Bonchev–Trinajstić information content (AvgIpc) is 3.27. The number of anilines is 1. The van der Waals surface area contributed by atoms with E-state index in [0.29, 0.717) is 12.6 Å². The first kappa shape index (κ1) is 13.1. The van der Waals surface area contributed by atoms with Gasteiger partial charge in [0.25, 0.3) is 0 Å². The number of hydrogen-bond acceptors (Lipinski definition) is 2. The molecule has 104 valence electrons. The molecule has 1 aliphatic carbocycles. The second-order valence-corrected chi connectivity index (χ2v) is 5.47. The molecular formula is C17H19FN2. The molecule has 0 radical (unpaired) electrons. The van der Waals surface area contributed by atoms with Gasteiger partial charge in [-0.25, -0.2) is 4.39 Å². The first-order valence-electron chi connectivity index (χ1n) is 7.04. The molecule has 0 saturated heterocycles. The Balaban J connectivity index is 1.73. The molecule has 20 heavy (non-hydrogen) atoms. The largest absolute Gasteiger partial charge is 0.399 e. The highest BCUT2D eigenvalue weighted by atomic mass is 19.1. The Morgan fingerprint density at radius 1 is 1.00 bits per heavy atom. The standard InChI is InChI=1S/C17H19FN2/c18-17-4-2-1-3-14(17)12-20(16-9-10-16)11-13-5-7-15(19)8-6-13/h1-8,16H,9-12,19H2. The molecule has 3 heteroatoms. The second kappa shape index (κ2) is 5.63. The molecule has 0 spiro atoms. The van der Waals surface area contributed by atoms with Crippen LogP contribution in [0.5, 0.6) is 0 Å². The van der Waals surface area contributed by atoms with Gasteiger partial charge >= 0.3 is 0 Å². The van der Waals surface area contributed by atoms with E-state index in [2.05, 4.69) is 4.90 Å². The van der Waals surface area contributed by atoms with Crippen molar-refractivity contribution < 1.29 is 4.39 Å². The second-order valence-electron chi connectivity index (χ2n) is 5.47. The number of halogens is 1. The Hall–Kier alpha value is -1.87. The zero-order chi connectivity index (χ0) is 13.9. The van der Waals surface area contributed by atoms with Crippen molar-refractivity contribution in [2.45, 2.75) is 32.0 Å². The first-order chi connectivity index (χ1) is 9.72. The first-order valence-corrected chi connectivity index (χ1v) is 7.04. The SMILES string of the molecule is Nc1ccc(CN(Cc2ccccc2F)C2CC2)cc1. The van der Waals surface area contributed by atoms with E-state index in [-0.39, 0.29) is 5.82 Å². The van der Waals surface area contributed by atoms with Gasteiger partial charge in [-0.05, 0) is 36.6 Å². The molecule has 2 N–H and O–H groups in total. The predicted molar refractivity (Wildman–Crippen MR) is 79.5 cm³/mol. The lowest BCUT2D eigenvalue weighted by molar-refractivity contribution is 0.242. The highest BCUT2D eigenvalue weighted by molar-refractivity contribution is 5.39. The number of nitrogen functional groups attached to an aromatic ring is 1. The van der Waals surface area contributed by atoms with Gasteiger partial charge in [0.2, 0.25) is 0 Å². The van der Waals surface area contributed by atoms with Crippen molar-refractivity contribution >= 4 is 5.69 Å². The van der Waals surface area contributed by atoms with Gasteiger partial charge in [0.1, 0.15) is 5.82 Å². The third-order valence-corrected chi connectivity index (χ3v) is 3.76. The lowest BCUT2D eigenvalue weighted by atomic mass is 10.1. The van der Waals surface area contributed by atoms with Crippen LogP contribution in [0.3, 0.4) is 0 Å². The summed E-state index contributed by atoms with van der Waals surface area (Å²) in [7, 11) is 0. The Morgan fingerprint density at radius 3 is 2.35 bits per heavy atom. The maximum Gasteiger partial charge on any atom is 0.127 e. The summed E-state index contributed by atoms with van der Waals surface area (Å²) in [6.45, 7) is 1.51. The summed E-state index contributed by atoms with van der Waals surface area (Å²) in [5.41, 5.74) is 8.49. The van der Waals surface area contributed by atoms with E-state index in [1.807, 2.05) is 36.4 Å². The van der Waals surface area contributed by atoms with Crippen LogP contribution in [-0.2, 0) is 13.1 Å². The van der Waals surface area contributed by atoms with Crippen LogP contribution in [0.2, 0.25) is 0 Å². The zero-order valence-electron chi connectivity index (χ0n) is 11.4. The molecule has 1 saturated carbocycles. The zero-order valence-corrected chi connectivity index (χ0v) is 11.4. The average molecular weight is 270 g/mol. The van der Waals surface area contributed by atoms with Crippen molar-refractivity contribution in [1.82, 2.24) is 4.90 Å². The van der Waals surface area contributed by atoms with Gasteiger partial charge in [0.15, 0.2) is 0 Å². The highest BCUT2D eigenvalue weighted by Crippen LogP contribution is 2.30. The van der Waals surface area contributed by atoms with Gasteiger partial charge in [-0.2, -0.15) is 0 Å². The van der Waals surface area contributed by atoms with Crippen molar-refractivity contribution in [2.75, 3.05) is 5.73 Å². The quantitative estimate of drug-likeness (QED) is 0.842. The summed E-state index contributed by atoms with van der Waals surface area (Å²) < 4.78 is 13.8. The number of hydrogen-bond donors (Lipinski definition) is 1. The van der Waals surface area contributed by atoms with Gasteiger partial charge in [0.05, 0.1) is 0 Å². The molecular weight excluding hydrogens is 251 g/mol. The molecule has 2 aromatic rings. The van der Waals surface area contributed by atoms with Crippen LogP contribution in [0.25, 0.3) is 0 Å². The van der Waals surface area contributed by atoms with Crippen LogP contribution < -0.4 is 5.73 Å². The summed E-state index contributed by atoms with van der Waals surface area (Å²) in [5.74, 6) is -0.115. The van der Waals surface area contributed by atoms with Crippen molar-refractivity contribution in [2.24, 2.45) is 0 Å². The predicted octanol–water partition coefficient (Wildman–Crippen LogP) is 3.57. The molecule has 0 aromatic heterocycles. The van der Waals surface area contributed by atoms with E-state index in [9.17, 15) is 4.39 Å². The van der Waals surface area contributed by atoms with Crippen LogP contribution in [-0.4, -0.2) is 10.9 Å². The topological polar surface area (TPSA) is 29.3 Å². The van der Waals surface area contributed by atoms with Gasteiger partial charge in [0, 0.05) is 30.4 Å². The molecule has 0 unspecified atom stereocenters. The molecule has 2 nitrogen and oxygen atoms in total. The minimum Gasteiger partial charge on any atom is -0.399 e. The fraction of sp³-hybridized carbons (Fsp3) is 0.294. The van der Waals surface area contributed by atoms with Crippen LogP contribution in [0.15, 0.2) is 48.5 Å². The van der Waals surface area contributed by atoms with Crippen molar-refractivity contribution in [3.63, 3.8) is 0 Å². The summed E-state index contributed by atoms with van der Waals surface area (Å²) in [6.07, 6.45) is 2.42. The van der Waals surface area contributed by atoms with Crippen LogP contribution in [0, 0.1) is 5.82 Å². The molecule has 0 bridgehead atoms. The minimum absolute atomic E-state index is 0.115. The number of rotatable bonds is 5. The molecule has 0 amide bonds. The highest BCUT2D eigenvalue weighted by Gasteiger charge is 2.29. The molecule has 1 fully saturated rings. The van der Waals surface area contributed by atoms with Crippen LogP contribution in [0.4, 0.5) is 10.1 Å². The van der Waals surface area contributed by atoms with Gasteiger partial charge in [-0.15, -0.1) is 0 Å². The van der Waals surface area contributed by atoms with Crippen molar-refractivity contribution in [3.05, 3.63) is 65.5 Å². The summed E-state index contributed by atoms with van der Waals surface area (Å²) >= 11 is 0. The lowest BCUT2D eigenvalue weighted by Gasteiger charge is -2.22. The van der Waals surface area contributed by atoms with E-state index >= 15 is 0 Å². The summed E-state index contributed by atoms with van der Waals surface area (Å²) in [6, 6.07) is 15.6. The van der Waals surface area contributed by atoms with E-state index in [0.717, 1.165) is 17.8 Å². The third-order valence-electron chi connectivity index (χ3n) is 3.76. The Labute approximate surface area is 119 Å². The van der Waals surface area contributed by atoms with E-state index in [4.69, 9.17) is 5.73 Å². The number of benzene rings is 2. The normalized spacial score (nSPS) is 14.7. The lowest BCUT2D eigenvalue weighted by Crippen LogP contribution is -2.25. The minimum atomic E-state index is -0.115. The number of nitrogens with two attached hydrogens (primary N) is 1. The maximum atomic E-state index is 13.8. The molecule has 0 atom stereocenters. The van der Waals surface area contributed by atoms with Crippen LogP contribution >= 0.6 is 0 Å². The number of nitrogens with zero attached hydrogens (tertiary/aromatic N) is 1. The molecule has 0 aliphatic heterocycles. The monoisotopic (exact) mass is 270 g/mol. The fourth-order valence-electron chi connectivity index (χ4n) is 2.46. The maximum absolute atomic E-state index is 13.8. The van der Waals surface area contributed by atoms with Crippen LogP contribution in [0.1, 0.15) is 24.0 Å². The third kappa shape index (κ3) is 3.17. The van der Waals surface area contributed by atoms with Crippen molar-refractivity contribution in [1.29, 1.82) is 0 Å². The van der Waals surface area contributed by atoms with E-state index in [1.165, 1.54) is 24.5 Å². The Kier molecular flexibility index (Phi) is 3.70. The fourth-order valence-corrected chi connectivity index (χ4v) is 2.46. The smallest absolute Gasteiger partial charge is 0.127 e. The van der Waals surface area contributed by atoms with Gasteiger partial charge in [-0.3, -0.25) is 4.90 Å². The van der Waals surface area contributed by atoms with E-state index in [1.54, 1.807) is 6.07 Å². The Morgan fingerprint density at radius 2 is 1.70 bits per heavy atom. The molecule has 2 aromatic carbocycles. The van der Waals surface area contributed by atoms with Gasteiger partial charge < -0.3 is 5.73 Å². The van der Waals surface area contributed by atoms with E-state index < -0.39 is 0 Å². The molecule has 3 rings (SSSR count).